The van der Waals surface area contributed by atoms with Crippen molar-refractivity contribution in [2.75, 3.05) is 0 Å². The average Bonchev–Trinajstić information content (AvgIpc) is 3.01. The van der Waals surface area contributed by atoms with Gasteiger partial charge in [-0.3, -0.25) is 0 Å². The number of thiazole rings is 1. The number of hydrogen-bond donors (Lipinski definition) is 0. The lowest BCUT2D eigenvalue weighted by Gasteiger charge is -2.08. The summed E-state index contributed by atoms with van der Waals surface area (Å²) in [6.45, 7) is -0.0964. The predicted octanol–water partition coefficient (Wildman–Crippen LogP) is 3.95. The molecule has 0 amide bonds. The number of sulfone groups is 1. The summed E-state index contributed by atoms with van der Waals surface area (Å²) in [6, 6.07) is 10.8. The van der Waals surface area contributed by atoms with Crippen LogP contribution in [0, 0.1) is 0 Å². The number of aromatic nitrogens is 1. The molecule has 0 fully saturated rings. The number of halogens is 3. The highest BCUT2D eigenvalue weighted by atomic mass is 32.2. The summed E-state index contributed by atoms with van der Waals surface area (Å²) in [4.78, 5) is 15.3. The maximum absolute atomic E-state index is 12.5. The van der Waals surface area contributed by atoms with Crippen LogP contribution in [-0.4, -0.2) is 24.9 Å². The van der Waals surface area contributed by atoms with E-state index in [9.17, 15) is 26.4 Å². The van der Waals surface area contributed by atoms with Gasteiger partial charge in [0.25, 0.3) is 9.84 Å². The third-order valence-corrected chi connectivity index (χ3v) is 5.88. The van der Waals surface area contributed by atoms with Gasteiger partial charge in [-0.05, 0) is 36.4 Å². The van der Waals surface area contributed by atoms with Crippen LogP contribution in [0.25, 0.3) is 10.2 Å². The number of carbonyl (C=O) groups excluding carboxylic acids is 1. The van der Waals surface area contributed by atoms with E-state index in [1.54, 1.807) is 0 Å². The summed E-state index contributed by atoms with van der Waals surface area (Å²) in [5, 5.41) is 0.566. The Hall–Kier alpha value is -2.46. The van der Waals surface area contributed by atoms with Gasteiger partial charge in [-0.2, -0.15) is 13.2 Å². The van der Waals surface area contributed by atoms with E-state index in [4.69, 9.17) is 4.74 Å². The lowest BCUT2D eigenvalue weighted by Crippen LogP contribution is -2.23. The summed E-state index contributed by atoms with van der Waals surface area (Å²) in [7, 11) is -5.45. The first-order valence-corrected chi connectivity index (χ1v) is 9.41. The number of ether oxygens (including phenoxy) is 1. The van der Waals surface area contributed by atoms with Gasteiger partial charge in [0.2, 0.25) is 0 Å². The number of esters is 1. The first-order chi connectivity index (χ1) is 12.2. The van der Waals surface area contributed by atoms with E-state index in [0.717, 1.165) is 34.5 Å². The van der Waals surface area contributed by atoms with E-state index in [0.29, 0.717) is 5.01 Å². The van der Waals surface area contributed by atoms with E-state index >= 15 is 0 Å². The number of benzene rings is 2. The number of para-hydroxylation sites is 1. The smallest absolute Gasteiger partial charge is 0.455 e. The molecule has 2 aromatic carbocycles. The molecule has 0 bridgehead atoms. The molecule has 1 aromatic heterocycles. The van der Waals surface area contributed by atoms with Crippen LogP contribution in [0.4, 0.5) is 13.2 Å². The summed E-state index contributed by atoms with van der Waals surface area (Å²) in [6.07, 6.45) is 0. The minimum Gasteiger partial charge on any atom is -0.455 e. The van der Waals surface area contributed by atoms with Crippen molar-refractivity contribution in [3.05, 3.63) is 59.1 Å². The Morgan fingerprint density at radius 2 is 1.73 bits per heavy atom. The zero-order chi connectivity index (χ0) is 18.9. The predicted molar refractivity (Wildman–Crippen MR) is 88.4 cm³/mol. The summed E-state index contributed by atoms with van der Waals surface area (Å²) in [5.41, 5.74) is -4.69. The SMILES string of the molecule is O=C(OCc1nc2ccccc2s1)c1ccc(S(=O)(=O)C(F)(F)F)cc1. The number of carbonyl (C=O) groups is 1. The van der Waals surface area contributed by atoms with Crippen molar-refractivity contribution in [3.63, 3.8) is 0 Å². The van der Waals surface area contributed by atoms with E-state index in [1.807, 2.05) is 24.3 Å². The van der Waals surface area contributed by atoms with Crippen molar-refractivity contribution in [3.8, 4) is 0 Å². The van der Waals surface area contributed by atoms with Crippen molar-refractivity contribution in [2.45, 2.75) is 17.0 Å². The normalized spacial score (nSPS) is 12.3. The van der Waals surface area contributed by atoms with Gasteiger partial charge >= 0.3 is 11.5 Å². The summed E-state index contributed by atoms with van der Waals surface area (Å²) in [5.74, 6) is -0.791. The number of nitrogens with zero attached hydrogens (tertiary/aromatic N) is 1. The van der Waals surface area contributed by atoms with Crippen LogP contribution in [0.5, 0.6) is 0 Å². The van der Waals surface area contributed by atoms with E-state index < -0.39 is 26.2 Å². The summed E-state index contributed by atoms with van der Waals surface area (Å²) >= 11 is 1.35. The van der Waals surface area contributed by atoms with Gasteiger partial charge in [-0.1, -0.05) is 12.1 Å². The van der Waals surface area contributed by atoms with Crippen LogP contribution >= 0.6 is 11.3 Å². The standard InChI is InChI=1S/C16H10F3NO4S2/c17-16(18,19)26(22,23)11-7-5-10(6-8-11)15(21)24-9-14-20-12-3-1-2-4-13(12)25-14/h1-8H,9H2. The molecule has 136 valence electrons. The molecule has 0 aliphatic carbocycles. The summed E-state index contributed by atoms with van der Waals surface area (Å²) < 4.78 is 66.0. The first kappa shape index (κ1) is 18.3. The minimum atomic E-state index is -5.45. The maximum atomic E-state index is 12.5. The molecule has 0 atom stereocenters. The Kier molecular flexibility index (Phi) is 4.72. The number of hydrogen-bond acceptors (Lipinski definition) is 6. The third-order valence-electron chi connectivity index (χ3n) is 3.37. The quantitative estimate of drug-likeness (QED) is 0.619. The van der Waals surface area contributed by atoms with Crippen LogP contribution < -0.4 is 0 Å². The molecule has 0 saturated heterocycles. The van der Waals surface area contributed by atoms with Crippen LogP contribution in [0.15, 0.2) is 53.4 Å². The van der Waals surface area contributed by atoms with Crippen molar-refractivity contribution < 1.29 is 31.1 Å². The maximum Gasteiger partial charge on any atom is 0.501 e. The van der Waals surface area contributed by atoms with Crippen LogP contribution in [-0.2, 0) is 21.2 Å². The molecule has 0 radical (unpaired) electrons. The Labute approximate surface area is 150 Å². The minimum absolute atomic E-state index is 0.0627. The Morgan fingerprint density at radius 3 is 2.35 bits per heavy atom. The molecule has 1 heterocycles. The molecular formula is C16H10F3NO4S2. The van der Waals surface area contributed by atoms with Gasteiger partial charge in [0.1, 0.15) is 11.6 Å². The van der Waals surface area contributed by atoms with Gasteiger partial charge < -0.3 is 4.74 Å². The van der Waals surface area contributed by atoms with Crippen molar-refractivity contribution >= 4 is 37.4 Å². The molecule has 10 heteroatoms. The van der Waals surface area contributed by atoms with E-state index in [1.165, 1.54) is 11.3 Å². The molecule has 26 heavy (non-hydrogen) atoms. The molecule has 0 unspecified atom stereocenters. The van der Waals surface area contributed by atoms with Crippen molar-refractivity contribution in [1.82, 2.24) is 4.98 Å². The molecular weight excluding hydrogens is 391 g/mol. The Balaban J connectivity index is 1.70. The number of rotatable bonds is 4. The van der Waals surface area contributed by atoms with Crippen molar-refractivity contribution in [2.24, 2.45) is 0 Å². The largest absolute Gasteiger partial charge is 0.501 e. The first-order valence-electron chi connectivity index (χ1n) is 7.11. The lowest BCUT2D eigenvalue weighted by molar-refractivity contribution is -0.0436. The average molecular weight is 401 g/mol. The van der Waals surface area contributed by atoms with Crippen LogP contribution in [0.2, 0.25) is 0 Å². The second-order valence-electron chi connectivity index (χ2n) is 5.13. The van der Waals surface area contributed by atoms with Crippen molar-refractivity contribution in [1.29, 1.82) is 0 Å². The topological polar surface area (TPSA) is 73.3 Å². The van der Waals surface area contributed by atoms with E-state index in [2.05, 4.69) is 4.98 Å². The van der Waals surface area contributed by atoms with Gasteiger partial charge in [0.05, 0.1) is 20.7 Å². The molecule has 0 aliphatic rings. The van der Waals surface area contributed by atoms with Gasteiger partial charge in [-0.15, -0.1) is 11.3 Å². The molecule has 0 saturated carbocycles. The Bertz CT molecular complexity index is 1020. The molecule has 0 spiro atoms. The second kappa shape index (κ2) is 6.69. The molecule has 0 N–H and O–H groups in total. The fourth-order valence-electron chi connectivity index (χ4n) is 2.10. The highest BCUT2D eigenvalue weighted by Crippen LogP contribution is 2.30. The number of alkyl halides is 3. The second-order valence-corrected chi connectivity index (χ2v) is 8.18. The molecule has 3 aromatic rings. The molecule has 0 aliphatic heterocycles. The lowest BCUT2D eigenvalue weighted by atomic mass is 10.2. The van der Waals surface area contributed by atoms with Gasteiger partial charge in [0, 0.05) is 0 Å². The fraction of sp³-hybridized carbons (Fsp3) is 0.125. The highest BCUT2D eigenvalue weighted by molar-refractivity contribution is 7.92. The van der Waals surface area contributed by atoms with Crippen LogP contribution in [0.3, 0.4) is 0 Å². The Morgan fingerprint density at radius 1 is 1.08 bits per heavy atom. The number of fused-ring (bicyclic) bond motifs is 1. The zero-order valence-electron chi connectivity index (χ0n) is 12.9. The third kappa shape index (κ3) is 3.56. The van der Waals surface area contributed by atoms with Crippen LogP contribution in [0.1, 0.15) is 15.4 Å². The molecule has 5 nitrogen and oxygen atoms in total. The van der Waals surface area contributed by atoms with Gasteiger partial charge in [-0.25, -0.2) is 18.2 Å². The van der Waals surface area contributed by atoms with Gasteiger partial charge in [0.15, 0.2) is 0 Å². The zero-order valence-corrected chi connectivity index (χ0v) is 14.5. The monoisotopic (exact) mass is 401 g/mol. The molecule has 3 rings (SSSR count). The van der Waals surface area contributed by atoms with E-state index in [-0.39, 0.29) is 12.2 Å². The highest BCUT2D eigenvalue weighted by Gasteiger charge is 2.46. The fourth-order valence-corrected chi connectivity index (χ4v) is 3.74.